The molecule has 6 rings (SSSR count). The van der Waals surface area contributed by atoms with E-state index in [2.05, 4.69) is 91.7 Å². The van der Waals surface area contributed by atoms with Gasteiger partial charge in [-0.25, -0.2) is 0 Å². The Hall–Kier alpha value is -5.34. The second-order valence-corrected chi connectivity index (χ2v) is 12.8. The number of rotatable bonds is 8. The minimum Gasteiger partial charge on any atom is -0.398 e. The molecule has 4 aromatic carbocycles. The first kappa shape index (κ1) is 30.7. The van der Waals surface area contributed by atoms with Crippen LogP contribution < -0.4 is 20.6 Å². The Morgan fingerprint density at radius 3 is 2.22 bits per heavy atom. The van der Waals surface area contributed by atoms with Crippen LogP contribution in [0.25, 0.3) is 10.9 Å². The van der Waals surface area contributed by atoms with Crippen LogP contribution in [0.2, 0.25) is 0 Å². The number of benzene rings is 4. The minimum atomic E-state index is -0.214. The number of para-hydroxylation sites is 1. The summed E-state index contributed by atoms with van der Waals surface area (Å²) in [5.74, 6) is -0.403. The van der Waals surface area contributed by atoms with Gasteiger partial charge in [-0.15, -0.1) is 4.57 Å². The van der Waals surface area contributed by atoms with Crippen molar-refractivity contribution in [1.29, 1.82) is 0 Å². The number of hydrogen-bond acceptors (Lipinski definition) is 6. The van der Waals surface area contributed by atoms with Gasteiger partial charge in [-0.3, -0.25) is 19.1 Å². The van der Waals surface area contributed by atoms with Crippen LogP contribution >= 0.6 is 0 Å². The third-order valence-electron chi connectivity index (χ3n) is 8.70. The van der Waals surface area contributed by atoms with Crippen LogP contribution in [0, 0.1) is 13.8 Å². The quantitative estimate of drug-likeness (QED) is 0.0544. The molecule has 0 saturated carbocycles. The van der Waals surface area contributed by atoms with E-state index in [1.807, 2.05) is 32.0 Å². The zero-order valence-electron chi connectivity index (χ0n) is 27.3. The number of nitrogens with zero attached hydrogens (tertiary/aromatic N) is 4. The molecule has 5 aromatic rings. The van der Waals surface area contributed by atoms with E-state index in [0.29, 0.717) is 45.9 Å². The lowest BCUT2D eigenvalue weighted by molar-refractivity contribution is -1.02. The molecule has 0 atom stereocenters. The summed E-state index contributed by atoms with van der Waals surface area (Å²) in [4.78, 5) is 27.2. The van der Waals surface area contributed by atoms with Gasteiger partial charge in [0, 0.05) is 41.6 Å². The molecule has 0 radical (unpaired) electrons. The van der Waals surface area contributed by atoms with Crippen LogP contribution in [0.4, 0.5) is 17.1 Å². The van der Waals surface area contributed by atoms with Crippen molar-refractivity contribution in [2.75, 3.05) is 43.9 Å². The maximum absolute atomic E-state index is 13.7. The fourth-order valence-corrected chi connectivity index (χ4v) is 6.18. The molecule has 0 amide bonds. The molecule has 1 aliphatic carbocycles. The van der Waals surface area contributed by atoms with Crippen molar-refractivity contribution in [2.24, 2.45) is 5.10 Å². The van der Waals surface area contributed by atoms with E-state index in [0.717, 1.165) is 33.4 Å². The summed E-state index contributed by atoms with van der Waals surface area (Å²) in [5.41, 5.74) is 14.9. The molecule has 0 bridgehead atoms. The number of hydrogen-bond donors (Lipinski definition) is 2. The van der Waals surface area contributed by atoms with Gasteiger partial charge in [0.25, 0.3) is 6.67 Å². The molecule has 0 unspecified atom stereocenters. The van der Waals surface area contributed by atoms with Crippen LogP contribution in [0.15, 0.2) is 96.2 Å². The summed E-state index contributed by atoms with van der Waals surface area (Å²) in [7, 11) is 6.23. The molecule has 1 aromatic heterocycles. The number of nitrogens with two attached hydrogens (primary N) is 1. The molecule has 1 heterocycles. The van der Waals surface area contributed by atoms with Crippen LogP contribution in [0.1, 0.15) is 55.5 Å². The van der Waals surface area contributed by atoms with Crippen molar-refractivity contribution in [3.63, 3.8) is 0 Å². The lowest BCUT2D eigenvalue weighted by Crippen LogP contribution is -2.54. The summed E-state index contributed by atoms with van der Waals surface area (Å²) in [6.07, 6.45) is 2.11. The third-order valence-corrected chi connectivity index (χ3v) is 8.70. The summed E-state index contributed by atoms with van der Waals surface area (Å²) in [6.45, 7) is 7.14. The van der Waals surface area contributed by atoms with Gasteiger partial charge >= 0.3 is 0 Å². The van der Waals surface area contributed by atoms with Crippen molar-refractivity contribution >= 4 is 45.2 Å². The van der Waals surface area contributed by atoms with Crippen LogP contribution in [-0.4, -0.2) is 49.6 Å². The van der Waals surface area contributed by atoms with Crippen LogP contribution in [-0.2, 0) is 6.67 Å². The Balaban J connectivity index is 1.27. The van der Waals surface area contributed by atoms with E-state index >= 15 is 0 Å². The molecular formula is C38H40N6O2+2. The van der Waals surface area contributed by atoms with Crippen molar-refractivity contribution < 1.29 is 18.6 Å². The summed E-state index contributed by atoms with van der Waals surface area (Å²) in [5, 5.41) is 11.4. The van der Waals surface area contributed by atoms with Crippen molar-refractivity contribution in [1.82, 2.24) is 0 Å². The number of hydrazone groups is 1. The number of ketones is 2. The van der Waals surface area contributed by atoms with Gasteiger partial charge in [-0.2, -0.15) is 5.10 Å². The molecule has 232 valence electrons. The van der Waals surface area contributed by atoms with Crippen molar-refractivity contribution in [3.8, 4) is 0 Å². The fraction of sp³-hybridized carbons (Fsp3) is 0.211. The number of carbonyl (C=O) groups is 2. The first-order chi connectivity index (χ1) is 21.9. The van der Waals surface area contributed by atoms with Gasteiger partial charge in [-0.05, 0) is 50.6 Å². The minimum absolute atomic E-state index is 0.189. The average Bonchev–Trinajstić information content (AvgIpc) is 3.04. The highest BCUT2D eigenvalue weighted by atomic mass is 16.1. The normalized spacial score (nSPS) is 13.0. The molecule has 0 saturated heterocycles. The zero-order valence-corrected chi connectivity index (χ0v) is 27.3. The highest BCUT2D eigenvalue weighted by Crippen LogP contribution is 2.37. The number of aryl methyl sites for hydroxylation is 2. The van der Waals surface area contributed by atoms with Crippen LogP contribution in [0.5, 0.6) is 0 Å². The number of fused-ring (bicyclic) bond motifs is 3. The Labute approximate surface area is 270 Å². The van der Waals surface area contributed by atoms with E-state index in [4.69, 9.17) is 10.8 Å². The van der Waals surface area contributed by atoms with Gasteiger partial charge in [0.2, 0.25) is 5.52 Å². The molecule has 0 spiro atoms. The molecule has 3 N–H and O–H groups in total. The second kappa shape index (κ2) is 11.9. The lowest BCUT2D eigenvalue weighted by Gasteiger charge is -2.29. The number of anilines is 3. The maximum Gasteiger partial charge on any atom is 0.277 e. The van der Waals surface area contributed by atoms with E-state index in [-0.39, 0.29) is 17.1 Å². The third kappa shape index (κ3) is 5.63. The average molecular weight is 613 g/mol. The molecule has 0 aliphatic heterocycles. The zero-order chi connectivity index (χ0) is 32.7. The topological polar surface area (TPSA) is 91.7 Å². The number of carbonyl (C=O) groups excluding carboxylic acids is 2. The van der Waals surface area contributed by atoms with E-state index in [1.54, 1.807) is 24.3 Å². The molecule has 46 heavy (non-hydrogen) atoms. The number of nitrogen functional groups attached to an aromatic ring is 1. The molecular weight excluding hydrogens is 572 g/mol. The SMILES string of the molecule is C/C(=N\N(C)c1ccc(C)cc1)c1cc[n+](C[N+](C)(C)CNc2cc(C)c(N)c3c2C(=O)c2ccccc2C3=O)c2ccccc12. The fourth-order valence-electron chi connectivity index (χ4n) is 6.18. The monoisotopic (exact) mass is 612 g/mol. The Kier molecular flexibility index (Phi) is 7.92. The standard InChI is InChI=1S/C38H39N6O2/c1-24-15-17-27(18-16-24)42(4)41-26(3)28-19-20-43(33-14-10-9-11-29(28)33)23-44(5,6)22-40-32-21-25(2)36(39)35-34(32)37(45)30-12-7-8-13-31(30)38(35)46/h7-21,39,41H,22-23H2,1-6H3/q+1/p+1. The van der Waals surface area contributed by atoms with E-state index in [1.165, 1.54) is 5.56 Å². The van der Waals surface area contributed by atoms with Gasteiger partial charge in [0.05, 0.1) is 47.7 Å². The molecule has 8 nitrogen and oxygen atoms in total. The number of quaternary nitrogens is 1. The Morgan fingerprint density at radius 1 is 0.891 bits per heavy atom. The van der Waals surface area contributed by atoms with Crippen molar-refractivity contribution in [2.45, 2.75) is 27.4 Å². The molecule has 8 heteroatoms. The first-order valence-electron chi connectivity index (χ1n) is 15.4. The molecule has 1 aliphatic rings. The largest absolute Gasteiger partial charge is 0.398 e. The molecule has 0 fully saturated rings. The van der Waals surface area contributed by atoms with Crippen LogP contribution in [0.3, 0.4) is 0 Å². The van der Waals surface area contributed by atoms with E-state index < -0.39 is 0 Å². The predicted molar refractivity (Wildman–Crippen MR) is 185 cm³/mol. The number of aromatic nitrogens is 1. The Morgan fingerprint density at radius 2 is 1.52 bits per heavy atom. The summed E-state index contributed by atoms with van der Waals surface area (Å²) >= 11 is 0. The summed E-state index contributed by atoms with van der Waals surface area (Å²) in [6, 6.07) is 27.6. The van der Waals surface area contributed by atoms with E-state index in [9.17, 15) is 9.59 Å². The lowest BCUT2D eigenvalue weighted by atomic mass is 9.81. The number of nitrogens with one attached hydrogen (secondary N) is 1. The first-order valence-corrected chi connectivity index (χ1v) is 15.4. The Bertz CT molecular complexity index is 2050. The van der Waals surface area contributed by atoms with Gasteiger partial charge in [0.15, 0.2) is 24.4 Å². The second-order valence-electron chi connectivity index (χ2n) is 12.8. The van der Waals surface area contributed by atoms with Gasteiger partial charge in [0.1, 0.15) is 0 Å². The highest BCUT2D eigenvalue weighted by Gasteiger charge is 2.35. The maximum atomic E-state index is 13.7. The van der Waals surface area contributed by atoms with Gasteiger partial charge in [-0.1, -0.05) is 54.1 Å². The smallest absolute Gasteiger partial charge is 0.277 e. The highest BCUT2D eigenvalue weighted by molar-refractivity contribution is 6.32. The summed E-state index contributed by atoms with van der Waals surface area (Å²) < 4.78 is 2.79. The predicted octanol–water partition coefficient (Wildman–Crippen LogP) is 6.07. The number of pyridine rings is 1. The van der Waals surface area contributed by atoms with Crippen molar-refractivity contribution in [3.05, 3.63) is 130 Å². The van der Waals surface area contributed by atoms with Gasteiger partial charge < -0.3 is 11.1 Å².